The monoisotopic (exact) mass is 384 g/mol. The summed E-state index contributed by atoms with van der Waals surface area (Å²) in [6.45, 7) is 12.6. The number of benzene rings is 1. The van der Waals surface area contributed by atoms with E-state index in [4.69, 9.17) is 4.74 Å². The van der Waals surface area contributed by atoms with Crippen LogP contribution in [-0.2, 0) is 16.0 Å². The van der Waals surface area contributed by atoms with Crippen molar-refractivity contribution in [2.75, 3.05) is 32.8 Å². The van der Waals surface area contributed by atoms with Gasteiger partial charge in [-0.1, -0.05) is 32.0 Å². The third kappa shape index (κ3) is 5.20. The van der Waals surface area contributed by atoms with Crippen LogP contribution < -0.4 is 5.32 Å². The van der Waals surface area contributed by atoms with Gasteiger partial charge in [-0.15, -0.1) is 0 Å². The van der Waals surface area contributed by atoms with Gasteiger partial charge in [-0.3, -0.25) is 9.69 Å². The Bertz CT molecular complexity index is 785. The number of nitrogens with zero attached hydrogens (tertiary/aromatic N) is 3. The maximum absolute atomic E-state index is 12.5. The molecule has 1 atom stereocenters. The first kappa shape index (κ1) is 20.6. The zero-order valence-corrected chi connectivity index (χ0v) is 17.4. The molecule has 1 N–H and O–H groups in total. The molecule has 1 aromatic carbocycles. The SMILES string of the molecule is Cc1nn(-c2ccccc2)c(C)c1CC(=O)NCC1CN(CC(C)C)CCO1. The van der Waals surface area contributed by atoms with Crippen molar-refractivity contribution in [1.82, 2.24) is 20.0 Å². The van der Waals surface area contributed by atoms with Crippen molar-refractivity contribution in [3.05, 3.63) is 47.3 Å². The zero-order chi connectivity index (χ0) is 20.1. The van der Waals surface area contributed by atoms with Gasteiger partial charge < -0.3 is 10.1 Å². The molecule has 0 radical (unpaired) electrons. The van der Waals surface area contributed by atoms with Gasteiger partial charge in [0.1, 0.15) is 0 Å². The van der Waals surface area contributed by atoms with E-state index in [1.807, 2.05) is 48.9 Å². The molecule has 6 heteroatoms. The Balaban J connectivity index is 1.56. The molecule has 1 unspecified atom stereocenters. The number of hydrogen-bond acceptors (Lipinski definition) is 4. The highest BCUT2D eigenvalue weighted by Gasteiger charge is 2.22. The van der Waals surface area contributed by atoms with Crippen LogP contribution in [0.3, 0.4) is 0 Å². The first-order chi connectivity index (χ1) is 13.4. The molecule has 1 aliphatic rings. The second kappa shape index (κ2) is 9.34. The average Bonchev–Trinajstić information content (AvgIpc) is 2.95. The molecule has 6 nitrogen and oxygen atoms in total. The topological polar surface area (TPSA) is 59.4 Å². The summed E-state index contributed by atoms with van der Waals surface area (Å²) < 4.78 is 7.74. The van der Waals surface area contributed by atoms with E-state index in [1.165, 1.54) is 0 Å². The lowest BCUT2D eigenvalue weighted by molar-refractivity contribution is -0.121. The van der Waals surface area contributed by atoms with Crippen molar-refractivity contribution in [3.8, 4) is 5.69 Å². The Morgan fingerprint density at radius 2 is 2.04 bits per heavy atom. The molecule has 2 aromatic rings. The maximum Gasteiger partial charge on any atom is 0.224 e. The highest BCUT2D eigenvalue weighted by molar-refractivity contribution is 5.79. The van der Waals surface area contributed by atoms with Gasteiger partial charge in [0.25, 0.3) is 0 Å². The van der Waals surface area contributed by atoms with E-state index in [0.29, 0.717) is 18.9 Å². The van der Waals surface area contributed by atoms with Crippen molar-refractivity contribution in [2.45, 2.75) is 40.2 Å². The number of amides is 1. The van der Waals surface area contributed by atoms with Crippen LogP contribution in [0.15, 0.2) is 30.3 Å². The van der Waals surface area contributed by atoms with Crippen LogP contribution in [0.1, 0.15) is 30.8 Å². The third-order valence-corrected chi connectivity index (χ3v) is 5.15. The van der Waals surface area contributed by atoms with Gasteiger partial charge in [0.05, 0.1) is 30.5 Å². The van der Waals surface area contributed by atoms with Crippen LogP contribution in [0.2, 0.25) is 0 Å². The molecule has 0 saturated carbocycles. The van der Waals surface area contributed by atoms with Crippen molar-refractivity contribution in [2.24, 2.45) is 5.92 Å². The smallest absolute Gasteiger partial charge is 0.224 e. The van der Waals surface area contributed by atoms with E-state index >= 15 is 0 Å². The van der Waals surface area contributed by atoms with E-state index in [0.717, 1.165) is 48.9 Å². The summed E-state index contributed by atoms with van der Waals surface area (Å²) in [6, 6.07) is 10.0. The number of aryl methyl sites for hydroxylation is 1. The van der Waals surface area contributed by atoms with Crippen molar-refractivity contribution in [3.63, 3.8) is 0 Å². The molecule has 28 heavy (non-hydrogen) atoms. The highest BCUT2D eigenvalue weighted by atomic mass is 16.5. The van der Waals surface area contributed by atoms with Crippen LogP contribution in [0.5, 0.6) is 0 Å². The fourth-order valence-corrected chi connectivity index (χ4v) is 3.79. The number of para-hydroxylation sites is 1. The second-order valence-electron chi connectivity index (χ2n) is 8.02. The second-order valence-corrected chi connectivity index (χ2v) is 8.02. The van der Waals surface area contributed by atoms with Crippen molar-refractivity contribution in [1.29, 1.82) is 0 Å². The first-order valence-corrected chi connectivity index (χ1v) is 10.1. The zero-order valence-electron chi connectivity index (χ0n) is 17.4. The molecule has 0 spiro atoms. The largest absolute Gasteiger partial charge is 0.374 e. The van der Waals surface area contributed by atoms with Gasteiger partial charge in [0.15, 0.2) is 0 Å². The van der Waals surface area contributed by atoms with Crippen molar-refractivity contribution < 1.29 is 9.53 Å². The van der Waals surface area contributed by atoms with E-state index in [1.54, 1.807) is 0 Å². The molecule has 1 aliphatic heterocycles. The Morgan fingerprint density at radius 3 is 2.75 bits per heavy atom. The Morgan fingerprint density at radius 1 is 1.29 bits per heavy atom. The number of carbonyl (C=O) groups excluding carboxylic acids is 1. The number of rotatable bonds is 7. The van der Waals surface area contributed by atoms with Gasteiger partial charge in [-0.05, 0) is 31.9 Å². The summed E-state index contributed by atoms with van der Waals surface area (Å²) in [5.41, 5.74) is 3.91. The van der Waals surface area contributed by atoms with Crippen LogP contribution in [-0.4, -0.2) is 59.5 Å². The molecule has 3 rings (SSSR count). The molecular formula is C22H32N4O2. The molecule has 152 valence electrons. The maximum atomic E-state index is 12.5. The first-order valence-electron chi connectivity index (χ1n) is 10.1. The van der Waals surface area contributed by atoms with E-state index in [9.17, 15) is 4.79 Å². The standard InChI is InChI=1S/C22H32N4O2/c1-16(2)14-25-10-11-28-20(15-25)13-23-22(27)12-21-17(3)24-26(18(21)4)19-8-6-5-7-9-19/h5-9,16,20H,10-15H2,1-4H3,(H,23,27). The molecule has 2 heterocycles. The number of morpholine rings is 1. The summed E-state index contributed by atoms with van der Waals surface area (Å²) in [5, 5.41) is 7.68. The number of aromatic nitrogens is 2. The molecule has 1 amide bonds. The minimum atomic E-state index is 0.0170. The molecule has 1 fully saturated rings. The van der Waals surface area contributed by atoms with E-state index < -0.39 is 0 Å². The fourth-order valence-electron chi connectivity index (χ4n) is 3.79. The Hall–Kier alpha value is -2.18. The summed E-state index contributed by atoms with van der Waals surface area (Å²) in [5.74, 6) is 0.656. The number of nitrogens with one attached hydrogen (secondary N) is 1. The number of carbonyl (C=O) groups is 1. The number of ether oxygens (including phenoxy) is 1. The highest BCUT2D eigenvalue weighted by Crippen LogP contribution is 2.18. The minimum Gasteiger partial charge on any atom is -0.374 e. The van der Waals surface area contributed by atoms with Gasteiger partial charge in [0, 0.05) is 37.4 Å². The summed E-state index contributed by atoms with van der Waals surface area (Å²) in [4.78, 5) is 15.0. The Kier molecular flexibility index (Phi) is 6.86. The van der Waals surface area contributed by atoms with E-state index in [2.05, 4.69) is 29.2 Å². The van der Waals surface area contributed by atoms with Crippen LogP contribution in [0, 0.1) is 19.8 Å². The third-order valence-electron chi connectivity index (χ3n) is 5.15. The van der Waals surface area contributed by atoms with Gasteiger partial charge >= 0.3 is 0 Å². The van der Waals surface area contributed by atoms with Crippen LogP contribution in [0.25, 0.3) is 5.69 Å². The summed E-state index contributed by atoms with van der Waals surface area (Å²) in [6.07, 6.45) is 0.401. The predicted octanol–water partition coefficient (Wildman–Crippen LogP) is 2.50. The molecule has 1 aromatic heterocycles. The molecule has 0 aliphatic carbocycles. The molecular weight excluding hydrogens is 352 g/mol. The molecule has 0 bridgehead atoms. The summed E-state index contributed by atoms with van der Waals surface area (Å²) >= 11 is 0. The Labute approximate surface area is 167 Å². The van der Waals surface area contributed by atoms with E-state index in [-0.39, 0.29) is 12.0 Å². The molecule has 1 saturated heterocycles. The van der Waals surface area contributed by atoms with Gasteiger partial charge in [-0.25, -0.2) is 4.68 Å². The van der Waals surface area contributed by atoms with Crippen LogP contribution >= 0.6 is 0 Å². The summed E-state index contributed by atoms with van der Waals surface area (Å²) in [7, 11) is 0. The predicted molar refractivity (Wildman–Crippen MR) is 111 cm³/mol. The fraction of sp³-hybridized carbons (Fsp3) is 0.545. The lowest BCUT2D eigenvalue weighted by Gasteiger charge is -2.33. The minimum absolute atomic E-state index is 0.0170. The average molecular weight is 385 g/mol. The van der Waals surface area contributed by atoms with Crippen molar-refractivity contribution >= 4 is 5.91 Å². The lowest BCUT2D eigenvalue weighted by atomic mass is 10.1. The van der Waals surface area contributed by atoms with Gasteiger partial charge in [-0.2, -0.15) is 5.10 Å². The van der Waals surface area contributed by atoms with Gasteiger partial charge in [0.2, 0.25) is 5.91 Å². The normalized spacial score (nSPS) is 17.8. The number of hydrogen-bond donors (Lipinski definition) is 1. The lowest BCUT2D eigenvalue weighted by Crippen LogP contribution is -2.48. The quantitative estimate of drug-likeness (QED) is 0.797. The van der Waals surface area contributed by atoms with Crippen LogP contribution in [0.4, 0.5) is 0 Å².